The minimum Gasteiger partial charge on any atom is -0.366 e. The smallest absolute Gasteiger partial charge is 0.241 e. The van der Waals surface area contributed by atoms with Crippen molar-refractivity contribution in [3.63, 3.8) is 0 Å². The summed E-state index contributed by atoms with van der Waals surface area (Å²) in [6, 6.07) is 9.75. The summed E-state index contributed by atoms with van der Waals surface area (Å²) in [4.78, 5) is 4.02. The number of hydrogen-bond donors (Lipinski definition) is 2. The fraction of sp³-hybridized carbons (Fsp3) is 0.111. The molecule has 1 aromatic heterocycles. The topological polar surface area (TPSA) is 68.8 Å². The number of anilines is 3. The predicted octanol–water partition coefficient (Wildman–Crippen LogP) is 1.14. The van der Waals surface area contributed by atoms with Gasteiger partial charge in [-0.1, -0.05) is 18.2 Å². The Kier molecular flexibility index (Phi) is 2.06. The molecule has 72 valence electrons. The van der Waals surface area contributed by atoms with Gasteiger partial charge in [0, 0.05) is 12.7 Å². The summed E-state index contributed by atoms with van der Waals surface area (Å²) < 4.78 is 1.60. The van der Waals surface area contributed by atoms with E-state index in [0.717, 1.165) is 5.69 Å². The van der Waals surface area contributed by atoms with Crippen LogP contribution in [0, 0.1) is 0 Å². The highest BCUT2D eigenvalue weighted by Crippen LogP contribution is 2.13. The Hall–Kier alpha value is -2.04. The lowest BCUT2D eigenvalue weighted by molar-refractivity contribution is 0.779. The van der Waals surface area contributed by atoms with Crippen molar-refractivity contribution in [1.29, 1.82) is 0 Å². The normalized spacial score (nSPS) is 10.1. The Morgan fingerprint density at radius 3 is 2.57 bits per heavy atom. The van der Waals surface area contributed by atoms with E-state index in [9.17, 15) is 0 Å². The van der Waals surface area contributed by atoms with Crippen LogP contribution in [0.25, 0.3) is 0 Å². The highest BCUT2D eigenvalue weighted by Gasteiger charge is 2.03. The van der Waals surface area contributed by atoms with Crippen LogP contribution >= 0.6 is 0 Å². The summed E-state index contributed by atoms with van der Waals surface area (Å²) in [6.45, 7) is 0. The zero-order valence-corrected chi connectivity index (χ0v) is 7.81. The van der Waals surface area contributed by atoms with Gasteiger partial charge in [0.05, 0.1) is 0 Å². The third kappa shape index (κ3) is 1.66. The second-order valence-electron chi connectivity index (χ2n) is 2.91. The number of nitrogen functional groups attached to an aromatic ring is 1. The molecule has 0 radical (unpaired) electrons. The number of hydrogen-bond acceptors (Lipinski definition) is 4. The third-order valence-corrected chi connectivity index (χ3v) is 1.81. The first-order chi connectivity index (χ1) is 6.75. The molecule has 0 spiro atoms. The molecule has 14 heavy (non-hydrogen) atoms. The predicted molar refractivity (Wildman–Crippen MR) is 55.1 cm³/mol. The van der Waals surface area contributed by atoms with Crippen LogP contribution in [-0.4, -0.2) is 14.8 Å². The minimum atomic E-state index is 0.269. The lowest BCUT2D eigenvalue weighted by Crippen LogP contribution is -1.99. The maximum absolute atomic E-state index is 5.45. The summed E-state index contributed by atoms with van der Waals surface area (Å²) >= 11 is 0. The second-order valence-corrected chi connectivity index (χ2v) is 2.91. The molecule has 2 rings (SSSR count). The van der Waals surface area contributed by atoms with E-state index in [4.69, 9.17) is 5.73 Å². The molecular formula is C9H11N5. The third-order valence-electron chi connectivity index (χ3n) is 1.81. The number of rotatable bonds is 2. The van der Waals surface area contributed by atoms with Gasteiger partial charge in [-0.25, -0.2) is 4.68 Å². The van der Waals surface area contributed by atoms with Gasteiger partial charge < -0.3 is 11.1 Å². The molecule has 0 unspecified atom stereocenters. The number of nitrogens with one attached hydrogen (secondary N) is 1. The number of aromatic nitrogens is 3. The van der Waals surface area contributed by atoms with Crippen LogP contribution in [0.1, 0.15) is 0 Å². The van der Waals surface area contributed by atoms with Crippen molar-refractivity contribution < 1.29 is 0 Å². The van der Waals surface area contributed by atoms with E-state index in [0.29, 0.717) is 5.95 Å². The van der Waals surface area contributed by atoms with Gasteiger partial charge in [0.1, 0.15) is 0 Å². The molecule has 3 N–H and O–H groups in total. The monoisotopic (exact) mass is 189 g/mol. The SMILES string of the molecule is Cn1nc(N)nc1Nc1ccccc1. The van der Waals surface area contributed by atoms with E-state index in [1.807, 2.05) is 30.3 Å². The Balaban J connectivity index is 2.23. The Bertz CT molecular complexity index is 420. The van der Waals surface area contributed by atoms with Gasteiger partial charge in [0.25, 0.3) is 0 Å². The van der Waals surface area contributed by atoms with Crippen molar-refractivity contribution in [3.8, 4) is 0 Å². The molecule has 0 fully saturated rings. The molecule has 5 nitrogen and oxygen atoms in total. The average molecular weight is 189 g/mol. The largest absolute Gasteiger partial charge is 0.366 e. The Morgan fingerprint density at radius 2 is 2.00 bits per heavy atom. The maximum atomic E-state index is 5.45. The lowest BCUT2D eigenvalue weighted by Gasteiger charge is -2.02. The molecule has 0 saturated heterocycles. The summed E-state index contributed by atoms with van der Waals surface area (Å²) in [7, 11) is 1.79. The van der Waals surface area contributed by atoms with Gasteiger partial charge in [-0.3, -0.25) is 0 Å². The van der Waals surface area contributed by atoms with E-state index in [1.54, 1.807) is 11.7 Å². The standard InChI is InChI=1S/C9H11N5/c1-14-9(12-8(10)13-14)11-7-5-3-2-4-6-7/h2-6H,1H3,(H3,10,11,12,13). The van der Waals surface area contributed by atoms with E-state index in [1.165, 1.54) is 0 Å². The van der Waals surface area contributed by atoms with Crippen LogP contribution in [0.15, 0.2) is 30.3 Å². The van der Waals surface area contributed by atoms with Gasteiger partial charge in [-0.15, -0.1) is 5.10 Å². The first-order valence-corrected chi connectivity index (χ1v) is 4.24. The zero-order chi connectivity index (χ0) is 9.97. The molecule has 0 aliphatic carbocycles. The van der Waals surface area contributed by atoms with Crippen molar-refractivity contribution in [3.05, 3.63) is 30.3 Å². The second kappa shape index (κ2) is 3.37. The van der Waals surface area contributed by atoms with Crippen molar-refractivity contribution in [2.75, 3.05) is 11.1 Å². The first-order valence-electron chi connectivity index (χ1n) is 4.24. The molecule has 0 saturated carbocycles. The molecule has 5 heteroatoms. The fourth-order valence-electron chi connectivity index (χ4n) is 1.16. The molecule has 0 amide bonds. The van der Waals surface area contributed by atoms with Crippen molar-refractivity contribution >= 4 is 17.6 Å². The molecule has 2 aromatic rings. The number of aryl methyl sites for hydroxylation is 1. The summed E-state index contributed by atoms with van der Waals surface area (Å²) in [5.74, 6) is 0.902. The number of nitrogens with two attached hydrogens (primary N) is 1. The van der Waals surface area contributed by atoms with E-state index >= 15 is 0 Å². The number of nitrogens with zero attached hydrogens (tertiary/aromatic N) is 3. The number of para-hydroxylation sites is 1. The van der Waals surface area contributed by atoms with Crippen LogP contribution in [0.4, 0.5) is 17.6 Å². The first kappa shape index (κ1) is 8.55. The molecule has 0 aliphatic rings. The van der Waals surface area contributed by atoms with Crippen molar-refractivity contribution in [2.24, 2.45) is 7.05 Å². The van der Waals surface area contributed by atoms with Crippen LogP contribution in [-0.2, 0) is 7.05 Å². The summed E-state index contributed by atoms with van der Waals surface area (Å²) in [5, 5.41) is 7.03. The lowest BCUT2D eigenvalue weighted by atomic mass is 10.3. The van der Waals surface area contributed by atoms with E-state index < -0.39 is 0 Å². The van der Waals surface area contributed by atoms with E-state index in [-0.39, 0.29) is 5.95 Å². The molecule has 0 bridgehead atoms. The van der Waals surface area contributed by atoms with Gasteiger partial charge in [0.15, 0.2) is 0 Å². The zero-order valence-electron chi connectivity index (χ0n) is 7.81. The highest BCUT2D eigenvalue weighted by molar-refractivity contribution is 5.53. The average Bonchev–Trinajstić information content (AvgIpc) is 2.47. The quantitative estimate of drug-likeness (QED) is 0.743. The van der Waals surface area contributed by atoms with Crippen molar-refractivity contribution in [2.45, 2.75) is 0 Å². The van der Waals surface area contributed by atoms with Gasteiger partial charge >= 0.3 is 0 Å². The molecule has 1 aromatic carbocycles. The van der Waals surface area contributed by atoms with E-state index in [2.05, 4.69) is 15.4 Å². The summed E-state index contributed by atoms with van der Waals surface area (Å²) in [6.07, 6.45) is 0. The van der Waals surface area contributed by atoms with Crippen molar-refractivity contribution in [1.82, 2.24) is 14.8 Å². The molecule has 0 aliphatic heterocycles. The number of benzene rings is 1. The molecule has 1 heterocycles. The Labute approximate surface area is 81.6 Å². The molecule has 0 atom stereocenters. The van der Waals surface area contributed by atoms with Crippen LogP contribution in [0.2, 0.25) is 0 Å². The highest BCUT2D eigenvalue weighted by atomic mass is 15.4. The van der Waals surface area contributed by atoms with Crippen LogP contribution < -0.4 is 11.1 Å². The molecular weight excluding hydrogens is 178 g/mol. The van der Waals surface area contributed by atoms with Crippen LogP contribution in [0.5, 0.6) is 0 Å². The minimum absolute atomic E-state index is 0.269. The van der Waals surface area contributed by atoms with Gasteiger partial charge in [-0.2, -0.15) is 4.98 Å². The Morgan fingerprint density at radius 1 is 1.29 bits per heavy atom. The fourth-order valence-corrected chi connectivity index (χ4v) is 1.16. The van der Waals surface area contributed by atoms with Gasteiger partial charge in [-0.05, 0) is 12.1 Å². The maximum Gasteiger partial charge on any atom is 0.241 e. The van der Waals surface area contributed by atoms with Gasteiger partial charge in [0.2, 0.25) is 11.9 Å². The van der Waals surface area contributed by atoms with Crippen LogP contribution in [0.3, 0.4) is 0 Å². The summed E-state index contributed by atoms with van der Waals surface area (Å²) in [5.41, 5.74) is 6.41.